The molecule has 0 aliphatic carbocycles. The summed E-state index contributed by atoms with van der Waals surface area (Å²) in [5, 5.41) is 0. The Morgan fingerprint density at radius 1 is 0.895 bits per heavy atom. The van der Waals surface area contributed by atoms with Gasteiger partial charge < -0.3 is 5.73 Å². The summed E-state index contributed by atoms with van der Waals surface area (Å²) in [6.07, 6.45) is 0. The molecule has 0 atom stereocenters. The normalized spacial score (nSPS) is 10.6. The van der Waals surface area contributed by atoms with Crippen LogP contribution in [0.25, 0.3) is 0 Å². The first kappa shape index (κ1) is 14.2. The third kappa shape index (κ3) is 4.44. The zero-order valence-electron chi connectivity index (χ0n) is 10.1. The first-order chi connectivity index (χ1) is 9.15. The number of nitrogen functional groups attached to an aromatic ring is 1. The number of hydrogen-bond donors (Lipinski definition) is 1. The number of nitrogens with two attached hydrogens (primary N) is 1. The molecule has 5 heteroatoms. The largest absolute Gasteiger partial charge is 0.399 e. The van der Waals surface area contributed by atoms with E-state index in [0.29, 0.717) is 10.6 Å². The summed E-state index contributed by atoms with van der Waals surface area (Å²) in [5.41, 5.74) is 5.92. The molecule has 2 N–H and O–H groups in total. The fourth-order valence-corrected chi connectivity index (χ4v) is 3.29. The van der Waals surface area contributed by atoms with Gasteiger partial charge in [0.05, 0.1) is 0 Å². The van der Waals surface area contributed by atoms with Crippen molar-refractivity contribution in [3.05, 3.63) is 54.1 Å². The highest BCUT2D eigenvalue weighted by Gasteiger charge is 2.03. The molecule has 1 nitrogen and oxygen atoms in total. The predicted molar refractivity (Wildman–Crippen MR) is 78.7 cm³/mol. The van der Waals surface area contributed by atoms with Crippen molar-refractivity contribution < 1.29 is 8.78 Å². The van der Waals surface area contributed by atoms with Crippen LogP contribution in [0.3, 0.4) is 0 Å². The fourth-order valence-electron chi connectivity index (χ4n) is 1.48. The second-order valence-corrected chi connectivity index (χ2v) is 6.15. The molecular formula is C14H13F2NS2. The molecule has 2 aromatic rings. The van der Waals surface area contributed by atoms with Crippen LogP contribution in [0.2, 0.25) is 0 Å². The Kier molecular flexibility index (Phi) is 5.10. The summed E-state index contributed by atoms with van der Waals surface area (Å²) in [7, 11) is 0. The molecule has 0 unspecified atom stereocenters. The van der Waals surface area contributed by atoms with Crippen molar-refractivity contribution in [2.45, 2.75) is 9.79 Å². The lowest BCUT2D eigenvalue weighted by Crippen LogP contribution is -1.90. The second-order valence-electron chi connectivity index (χ2n) is 3.84. The molecule has 0 bridgehead atoms. The maximum absolute atomic E-state index is 13.5. The fraction of sp³-hybridized carbons (Fsp3) is 0.143. The van der Waals surface area contributed by atoms with E-state index in [-0.39, 0.29) is 11.6 Å². The van der Waals surface area contributed by atoms with E-state index in [9.17, 15) is 8.78 Å². The van der Waals surface area contributed by atoms with Gasteiger partial charge in [-0.1, -0.05) is 0 Å². The summed E-state index contributed by atoms with van der Waals surface area (Å²) in [6.45, 7) is 0. The van der Waals surface area contributed by atoms with E-state index in [1.165, 1.54) is 30.0 Å². The van der Waals surface area contributed by atoms with Crippen molar-refractivity contribution in [2.24, 2.45) is 0 Å². The second kappa shape index (κ2) is 6.82. The van der Waals surface area contributed by atoms with Crippen LogP contribution < -0.4 is 5.73 Å². The highest BCUT2D eigenvalue weighted by atomic mass is 32.2. The van der Waals surface area contributed by atoms with Gasteiger partial charge >= 0.3 is 0 Å². The van der Waals surface area contributed by atoms with Gasteiger partial charge in [-0.3, -0.25) is 0 Å². The van der Waals surface area contributed by atoms with Crippen molar-refractivity contribution in [1.82, 2.24) is 0 Å². The minimum atomic E-state index is -0.281. The van der Waals surface area contributed by atoms with Gasteiger partial charge in [-0.05, 0) is 42.5 Å². The van der Waals surface area contributed by atoms with Crippen LogP contribution in [-0.2, 0) is 0 Å². The van der Waals surface area contributed by atoms with Crippen molar-refractivity contribution in [1.29, 1.82) is 0 Å². The summed E-state index contributed by atoms with van der Waals surface area (Å²) in [4.78, 5) is 1.62. The molecule has 0 aliphatic heterocycles. The lowest BCUT2D eigenvalue weighted by molar-refractivity contribution is 0.603. The zero-order valence-corrected chi connectivity index (χ0v) is 11.7. The van der Waals surface area contributed by atoms with Crippen molar-refractivity contribution >= 4 is 29.2 Å². The van der Waals surface area contributed by atoms with Crippen molar-refractivity contribution in [2.75, 3.05) is 17.2 Å². The zero-order chi connectivity index (χ0) is 13.7. The van der Waals surface area contributed by atoms with Gasteiger partial charge in [0.1, 0.15) is 11.6 Å². The van der Waals surface area contributed by atoms with E-state index in [1.807, 2.05) is 0 Å². The van der Waals surface area contributed by atoms with Crippen molar-refractivity contribution in [3.8, 4) is 0 Å². The number of thioether (sulfide) groups is 2. The molecule has 0 fully saturated rings. The molecule has 0 spiro atoms. The minimum Gasteiger partial charge on any atom is -0.399 e. The first-order valence-electron chi connectivity index (χ1n) is 5.71. The smallest absolute Gasteiger partial charge is 0.138 e. The van der Waals surface area contributed by atoms with Gasteiger partial charge in [0.15, 0.2) is 0 Å². The summed E-state index contributed by atoms with van der Waals surface area (Å²) in [5.74, 6) is 1.10. The van der Waals surface area contributed by atoms with E-state index in [4.69, 9.17) is 5.73 Å². The number of benzene rings is 2. The third-order valence-corrected chi connectivity index (χ3v) is 4.70. The van der Waals surface area contributed by atoms with E-state index < -0.39 is 0 Å². The van der Waals surface area contributed by atoms with Crippen LogP contribution in [-0.4, -0.2) is 11.5 Å². The van der Waals surface area contributed by atoms with Crippen LogP contribution in [0, 0.1) is 11.6 Å². The summed E-state index contributed by atoms with van der Waals surface area (Å²) >= 11 is 3.08. The Morgan fingerprint density at radius 3 is 2.26 bits per heavy atom. The molecule has 0 aromatic heterocycles. The van der Waals surface area contributed by atoms with E-state index in [2.05, 4.69) is 0 Å². The van der Waals surface area contributed by atoms with E-state index >= 15 is 0 Å². The molecule has 0 amide bonds. The molecule has 0 saturated heterocycles. The Labute approximate surface area is 119 Å². The van der Waals surface area contributed by atoms with Gasteiger partial charge in [0, 0.05) is 27.0 Å². The van der Waals surface area contributed by atoms with Gasteiger partial charge in [-0.2, -0.15) is 0 Å². The number of rotatable bonds is 5. The quantitative estimate of drug-likeness (QED) is 0.502. The molecule has 0 radical (unpaired) electrons. The average molecular weight is 297 g/mol. The Bertz CT molecular complexity index is 544. The molecule has 2 aromatic carbocycles. The predicted octanol–water partition coefficient (Wildman–Crippen LogP) is 4.43. The van der Waals surface area contributed by atoms with E-state index in [0.717, 1.165) is 16.4 Å². The molecule has 0 heterocycles. The highest BCUT2D eigenvalue weighted by Crippen LogP contribution is 2.26. The monoisotopic (exact) mass is 297 g/mol. The maximum Gasteiger partial charge on any atom is 0.138 e. The molecule has 100 valence electrons. The third-order valence-electron chi connectivity index (χ3n) is 2.38. The lowest BCUT2D eigenvalue weighted by Gasteiger charge is -2.04. The molecular weight excluding hydrogens is 284 g/mol. The van der Waals surface area contributed by atoms with Gasteiger partial charge in [0.2, 0.25) is 0 Å². The molecule has 0 aliphatic rings. The van der Waals surface area contributed by atoms with Crippen molar-refractivity contribution in [3.63, 3.8) is 0 Å². The Morgan fingerprint density at radius 2 is 1.58 bits per heavy atom. The standard InChI is InChI=1S/C14H13F2NS2/c15-10-1-4-12(5-2-10)18-7-8-19-14-6-3-11(17)9-13(14)16/h1-6,9H,7-8,17H2. The van der Waals surface area contributed by atoms with Gasteiger partial charge in [-0.25, -0.2) is 8.78 Å². The van der Waals surface area contributed by atoms with Crippen LogP contribution in [0.1, 0.15) is 0 Å². The Hall–Kier alpha value is -1.20. The first-order valence-corrected chi connectivity index (χ1v) is 7.68. The number of halogens is 2. The topological polar surface area (TPSA) is 26.0 Å². The van der Waals surface area contributed by atoms with Crippen LogP contribution >= 0.6 is 23.5 Å². The van der Waals surface area contributed by atoms with Gasteiger partial charge in [0.25, 0.3) is 0 Å². The number of hydrogen-bond acceptors (Lipinski definition) is 3. The van der Waals surface area contributed by atoms with Crippen LogP contribution in [0.4, 0.5) is 14.5 Å². The molecule has 19 heavy (non-hydrogen) atoms. The maximum atomic E-state index is 13.5. The van der Waals surface area contributed by atoms with Crippen LogP contribution in [0.5, 0.6) is 0 Å². The minimum absolute atomic E-state index is 0.234. The van der Waals surface area contributed by atoms with E-state index in [1.54, 1.807) is 36.0 Å². The van der Waals surface area contributed by atoms with Crippen LogP contribution in [0.15, 0.2) is 52.3 Å². The summed E-state index contributed by atoms with van der Waals surface area (Å²) in [6, 6.07) is 11.1. The molecule has 2 rings (SSSR count). The average Bonchev–Trinajstić information content (AvgIpc) is 2.39. The molecule has 0 saturated carbocycles. The van der Waals surface area contributed by atoms with Gasteiger partial charge in [-0.15, -0.1) is 23.5 Å². The summed E-state index contributed by atoms with van der Waals surface area (Å²) < 4.78 is 26.2. The lowest BCUT2D eigenvalue weighted by atomic mass is 10.3. The Balaban J connectivity index is 1.79. The highest BCUT2D eigenvalue weighted by molar-refractivity contribution is 8.03. The SMILES string of the molecule is Nc1ccc(SCCSc2ccc(F)cc2)c(F)c1. The number of anilines is 1.